The van der Waals surface area contributed by atoms with Gasteiger partial charge in [0, 0.05) is 29.6 Å². The Hall–Kier alpha value is -3.21. The second-order valence-electron chi connectivity index (χ2n) is 6.26. The first-order valence-corrected chi connectivity index (χ1v) is 10.5. The molecule has 9 nitrogen and oxygen atoms in total. The van der Waals surface area contributed by atoms with Gasteiger partial charge in [-0.05, 0) is 48.5 Å². The predicted octanol–water partition coefficient (Wildman–Crippen LogP) is 2.22. The molecule has 30 heavy (non-hydrogen) atoms. The molecule has 0 spiro atoms. The lowest BCUT2D eigenvalue weighted by molar-refractivity contribution is -0.118. The number of carbonyl (C=O) groups excluding carboxylic acids is 1. The third-order valence-corrected chi connectivity index (χ3v) is 5.83. The van der Waals surface area contributed by atoms with Crippen molar-refractivity contribution < 1.29 is 23.1 Å². The predicted molar refractivity (Wildman–Crippen MR) is 110 cm³/mol. The molecule has 3 aromatic rings. The Labute approximate surface area is 177 Å². The summed E-state index contributed by atoms with van der Waals surface area (Å²) >= 11 is 5.81. The van der Waals surface area contributed by atoms with E-state index < -0.39 is 27.9 Å². The van der Waals surface area contributed by atoms with Crippen LogP contribution < -0.4 is 10.0 Å². The molecular formula is C19H17ClN4O5S. The molecule has 156 valence electrons. The first-order valence-electron chi connectivity index (χ1n) is 8.62. The molecule has 1 aromatic heterocycles. The van der Waals surface area contributed by atoms with Crippen LogP contribution in [0, 0.1) is 0 Å². The molecule has 0 aliphatic carbocycles. The van der Waals surface area contributed by atoms with Gasteiger partial charge in [0.25, 0.3) is 0 Å². The molecule has 0 aliphatic heterocycles. The first-order chi connectivity index (χ1) is 14.2. The summed E-state index contributed by atoms with van der Waals surface area (Å²) in [6.45, 7) is -0.00807. The van der Waals surface area contributed by atoms with Crippen LogP contribution in [0.4, 0.5) is 5.69 Å². The van der Waals surface area contributed by atoms with Gasteiger partial charge in [-0.3, -0.25) is 4.79 Å². The molecule has 1 unspecified atom stereocenters. The minimum atomic E-state index is -4.02. The number of hydrogen-bond donors (Lipinski definition) is 3. The maximum Gasteiger partial charge on any atom is 0.335 e. The SMILES string of the molecule is O=C(O)c1ccc(NC(=O)C(Cn2ccnc2)NS(=O)(=O)c2ccc(Cl)cc2)cc1. The number of nitrogens with one attached hydrogen (secondary N) is 2. The van der Waals surface area contributed by atoms with E-state index in [9.17, 15) is 18.0 Å². The quantitative estimate of drug-likeness (QED) is 0.484. The zero-order chi connectivity index (χ0) is 21.7. The Morgan fingerprint density at radius 2 is 1.77 bits per heavy atom. The molecule has 0 saturated heterocycles. The number of halogens is 1. The van der Waals surface area contributed by atoms with E-state index >= 15 is 0 Å². The van der Waals surface area contributed by atoms with E-state index in [1.165, 1.54) is 61.1 Å². The monoisotopic (exact) mass is 448 g/mol. The number of sulfonamides is 1. The Morgan fingerprint density at radius 3 is 2.33 bits per heavy atom. The number of imidazole rings is 1. The molecule has 0 aliphatic rings. The van der Waals surface area contributed by atoms with Gasteiger partial charge in [-0.2, -0.15) is 4.72 Å². The molecule has 2 aromatic carbocycles. The summed E-state index contributed by atoms with van der Waals surface area (Å²) in [7, 11) is -4.02. The fourth-order valence-electron chi connectivity index (χ4n) is 2.57. The molecule has 1 amide bonds. The highest BCUT2D eigenvalue weighted by Crippen LogP contribution is 2.15. The average molecular weight is 449 g/mol. The largest absolute Gasteiger partial charge is 0.478 e. The Kier molecular flexibility index (Phi) is 6.50. The molecular weight excluding hydrogens is 432 g/mol. The standard InChI is InChI=1S/C19H17ClN4O5S/c20-14-3-7-16(8-4-14)30(28,29)23-17(11-24-10-9-21-12-24)18(25)22-15-5-1-13(2-6-15)19(26)27/h1-10,12,17,23H,11H2,(H,22,25)(H,26,27). The Balaban J connectivity index is 1.81. The van der Waals surface area contributed by atoms with E-state index in [0.717, 1.165) is 0 Å². The summed E-state index contributed by atoms with van der Waals surface area (Å²) in [4.78, 5) is 27.6. The number of aromatic nitrogens is 2. The van der Waals surface area contributed by atoms with Gasteiger partial charge in [0.15, 0.2) is 0 Å². The van der Waals surface area contributed by atoms with Crippen molar-refractivity contribution in [3.05, 3.63) is 77.8 Å². The third kappa shape index (κ3) is 5.44. The van der Waals surface area contributed by atoms with E-state index in [0.29, 0.717) is 10.7 Å². The smallest absolute Gasteiger partial charge is 0.335 e. The summed E-state index contributed by atoms with van der Waals surface area (Å²) in [5, 5.41) is 11.9. The highest BCUT2D eigenvalue weighted by atomic mass is 35.5. The molecule has 11 heteroatoms. The fourth-order valence-corrected chi connectivity index (χ4v) is 3.89. The molecule has 0 bridgehead atoms. The number of benzene rings is 2. The first kappa shape index (κ1) is 21.5. The van der Waals surface area contributed by atoms with Crippen molar-refractivity contribution in [2.45, 2.75) is 17.5 Å². The van der Waals surface area contributed by atoms with Crippen molar-refractivity contribution in [1.29, 1.82) is 0 Å². The number of aromatic carboxylic acids is 1. The van der Waals surface area contributed by atoms with Gasteiger partial charge in [-0.15, -0.1) is 0 Å². The summed E-state index contributed by atoms with van der Waals surface area (Å²) in [5.41, 5.74) is 0.387. The van der Waals surface area contributed by atoms with Gasteiger partial charge in [-0.1, -0.05) is 11.6 Å². The van der Waals surface area contributed by atoms with E-state index in [-0.39, 0.29) is 17.0 Å². The maximum absolute atomic E-state index is 12.8. The number of anilines is 1. The van der Waals surface area contributed by atoms with E-state index in [2.05, 4.69) is 15.0 Å². The minimum Gasteiger partial charge on any atom is -0.478 e. The topological polar surface area (TPSA) is 130 Å². The zero-order valence-corrected chi connectivity index (χ0v) is 17.0. The zero-order valence-electron chi connectivity index (χ0n) is 15.4. The van der Waals surface area contributed by atoms with Crippen molar-refractivity contribution in [2.24, 2.45) is 0 Å². The van der Waals surface area contributed by atoms with Crippen LogP contribution >= 0.6 is 11.6 Å². The molecule has 1 atom stereocenters. The number of rotatable bonds is 8. The number of carbonyl (C=O) groups is 2. The van der Waals surface area contributed by atoms with Crippen LogP contribution in [-0.2, 0) is 21.4 Å². The van der Waals surface area contributed by atoms with Crippen LogP contribution in [0.2, 0.25) is 5.02 Å². The lowest BCUT2D eigenvalue weighted by Crippen LogP contribution is -2.46. The normalized spacial score (nSPS) is 12.3. The van der Waals surface area contributed by atoms with Crippen LogP contribution in [0.3, 0.4) is 0 Å². The van der Waals surface area contributed by atoms with E-state index in [1.54, 1.807) is 10.8 Å². The molecule has 0 fully saturated rings. The second-order valence-corrected chi connectivity index (χ2v) is 8.41. The molecule has 0 radical (unpaired) electrons. The van der Waals surface area contributed by atoms with Gasteiger partial charge < -0.3 is 15.0 Å². The minimum absolute atomic E-state index is 0.00807. The average Bonchev–Trinajstić information content (AvgIpc) is 3.21. The van der Waals surface area contributed by atoms with Crippen molar-refractivity contribution in [3.8, 4) is 0 Å². The third-order valence-electron chi connectivity index (χ3n) is 4.09. The van der Waals surface area contributed by atoms with Crippen LogP contribution in [0.1, 0.15) is 10.4 Å². The summed E-state index contributed by atoms with van der Waals surface area (Å²) < 4.78 is 29.4. The van der Waals surface area contributed by atoms with Crippen LogP contribution in [0.15, 0.2) is 72.1 Å². The number of amides is 1. The maximum atomic E-state index is 12.8. The van der Waals surface area contributed by atoms with Gasteiger partial charge in [0.2, 0.25) is 15.9 Å². The van der Waals surface area contributed by atoms with E-state index in [4.69, 9.17) is 16.7 Å². The van der Waals surface area contributed by atoms with Crippen molar-refractivity contribution in [2.75, 3.05) is 5.32 Å². The molecule has 3 rings (SSSR count). The summed E-state index contributed by atoms with van der Waals surface area (Å²) in [6, 6.07) is 9.88. The van der Waals surface area contributed by atoms with Gasteiger partial charge in [0.1, 0.15) is 6.04 Å². The van der Waals surface area contributed by atoms with Crippen LogP contribution in [0.25, 0.3) is 0 Å². The van der Waals surface area contributed by atoms with Crippen molar-refractivity contribution >= 4 is 39.2 Å². The van der Waals surface area contributed by atoms with Gasteiger partial charge >= 0.3 is 5.97 Å². The number of carboxylic acids is 1. The number of carboxylic acid groups (broad SMARTS) is 1. The highest BCUT2D eigenvalue weighted by Gasteiger charge is 2.26. The molecule has 1 heterocycles. The fraction of sp³-hybridized carbons (Fsp3) is 0.105. The summed E-state index contributed by atoms with van der Waals surface area (Å²) in [5.74, 6) is -1.72. The number of nitrogens with zero attached hydrogens (tertiary/aromatic N) is 2. The lowest BCUT2D eigenvalue weighted by Gasteiger charge is -2.19. The van der Waals surface area contributed by atoms with Crippen LogP contribution in [0.5, 0.6) is 0 Å². The molecule has 3 N–H and O–H groups in total. The van der Waals surface area contributed by atoms with Crippen molar-refractivity contribution in [1.82, 2.24) is 14.3 Å². The Morgan fingerprint density at radius 1 is 1.10 bits per heavy atom. The Bertz CT molecular complexity index is 1130. The number of hydrogen-bond acceptors (Lipinski definition) is 5. The van der Waals surface area contributed by atoms with Crippen molar-refractivity contribution in [3.63, 3.8) is 0 Å². The lowest BCUT2D eigenvalue weighted by atomic mass is 10.2. The second kappa shape index (κ2) is 9.08. The molecule has 0 saturated carbocycles. The van der Waals surface area contributed by atoms with Crippen LogP contribution in [-0.4, -0.2) is 41.0 Å². The summed E-state index contributed by atoms with van der Waals surface area (Å²) in [6.07, 6.45) is 4.56. The van der Waals surface area contributed by atoms with E-state index in [1.807, 2.05) is 0 Å². The van der Waals surface area contributed by atoms with Gasteiger partial charge in [-0.25, -0.2) is 18.2 Å². The van der Waals surface area contributed by atoms with Gasteiger partial charge in [0.05, 0.1) is 16.8 Å². The highest BCUT2D eigenvalue weighted by molar-refractivity contribution is 7.89.